The predicted molar refractivity (Wildman–Crippen MR) is 241 cm³/mol. The third-order valence-corrected chi connectivity index (χ3v) is 11.3. The van der Waals surface area contributed by atoms with E-state index in [0.29, 0.717) is 61.8 Å². The Balaban J connectivity index is 0.000000234. The molecule has 0 spiro atoms. The molecule has 0 aromatic carbocycles. The first kappa shape index (κ1) is 48.1. The van der Waals surface area contributed by atoms with Gasteiger partial charge in [-0.25, -0.2) is 19.3 Å². The fourth-order valence-electron chi connectivity index (χ4n) is 8.07. The molecular weight excluding hydrogens is 785 g/mol. The van der Waals surface area contributed by atoms with Gasteiger partial charge >= 0.3 is 11.9 Å². The summed E-state index contributed by atoms with van der Waals surface area (Å²) < 4.78 is 15.4. The van der Waals surface area contributed by atoms with Crippen molar-refractivity contribution in [3.63, 3.8) is 0 Å². The van der Waals surface area contributed by atoms with Gasteiger partial charge in [0.15, 0.2) is 0 Å². The number of aromatic nitrogens is 8. The molecule has 0 amide bonds. The molecule has 0 bridgehead atoms. The Bertz CT molecular complexity index is 1950. The van der Waals surface area contributed by atoms with E-state index in [1.54, 1.807) is 37.2 Å². The normalized spacial score (nSPS) is 22.2. The van der Waals surface area contributed by atoms with Crippen molar-refractivity contribution in [1.82, 2.24) is 39.5 Å². The summed E-state index contributed by atoms with van der Waals surface area (Å²) in [7, 11) is 0. The Labute approximate surface area is 368 Å². The predicted octanol–water partition coefficient (Wildman–Crippen LogP) is 9.23. The molecule has 0 unspecified atom stereocenters. The zero-order valence-electron chi connectivity index (χ0n) is 39.5. The molecule has 6 rings (SSSR count). The van der Waals surface area contributed by atoms with E-state index in [-0.39, 0.29) is 29.1 Å². The number of esters is 2. The molecule has 2 fully saturated rings. The van der Waals surface area contributed by atoms with Gasteiger partial charge in [0.2, 0.25) is 0 Å². The van der Waals surface area contributed by atoms with Crippen molar-refractivity contribution in [3.8, 4) is 0 Å². The molecule has 4 aromatic heterocycles. The second kappa shape index (κ2) is 18.8. The monoisotopic (exact) mass is 857 g/mol. The van der Waals surface area contributed by atoms with Crippen molar-refractivity contribution in [1.29, 1.82) is 0 Å². The number of anilines is 4. The minimum absolute atomic E-state index is 0.113. The molecule has 0 atom stereocenters. The number of carbonyl (C=O) groups excluding carboxylic acids is 2. The Morgan fingerprint density at radius 3 is 1.37 bits per heavy atom. The van der Waals surface area contributed by atoms with Crippen molar-refractivity contribution in [2.24, 2.45) is 16.7 Å². The van der Waals surface area contributed by atoms with Crippen LogP contribution in [0.2, 0.25) is 0 Å². The fourth-order valence-corrected chi connectivity index (χ4v) is 8.07. The van der Waals surface area contributed by atoms with Gasteiger partial charge in [-0.05, 0) is 140 Å². The van der Waals surface area contributed by atoms with Crippen LogP contribution in [-0.4, -0.2) is 73.8 Å². The summed E-state index contributed by atoms with van der Waals surface area (Å²) in [5, 5.41) is 25.4. The summed E-state index contributed by atoms with van der Waals surface area (Å²) >= 11 is 0. The lowest BCUT2D eigenvalue weighted by atomic mass is 9.68. The number of aliphatic hydroxyl groups excluding tert-OH is 1. The highest BCUT2D eigenvalue weighted by Crippen LogP contribution is 2.44. The average Bonchev–Trinajstić information content (AvgIpc) is 3.83. The first-order valence-electron chi connectivity index (χ1n) is 22.2. The van der Waals surface area contributed by atoms with Gasteiger partial charge in [0.05, 0.1) is 64.2 Å². The fraction of sp³-hybridized carbons (Fsp3) is 0.660. The lowest BCUT2D eigenvalue weighted by Crippen LogP contribution is -2.43. The Hall–Kier alpha value is -4.92. The van der Waals surface area contributed by atoms with Crippen molar-refractivity contribution < 1.29 is 24.2 Å². The smallest absolute Gasteiger partial charge is 0.312 e. The van der Waals surface area contributed by atoms with Crippen LogP contribution in [0, 0.1) is 16.7 Å². The van der Waals surface area contributed by atoms with Crippen LogP contribution in [-0.2, 0) is 43.0 Å². The van der Waals surface area contributed by atoms with E-state index in [2.05, 4.69) is 79.3 Å². The number of hydrogen-bond acceptors (Lipinski definition) is 13. The van der Waals surface area contributed by atoms with Gasteiger partial charge < -0.3 is 25.2 Å². The quantitative estimate of drug-likeness (QED) is 0.128. The topological polar surface area (TPSA) is 184 Å². The zero-order chi connectivity index (χ0) is 45.7. The molecule has 0 saturated heterocycles. The summed E-state index contributed by atoms with van der Waals surface area (Å²) in [6, 6.07) is 3.81. The average molecular weight is 857 g/mol. The second-order valence-electron chi connectivity index (χ2n) is 21.5. The van der Waals surface area contributed by atoms with Gasteiger partial charge in [-0.2, -0.15) is 10.2 Å². The first-order chi connectivity index (χ1) is 28.8. The van der Waals surface area contributed by atoms with Crippen LogP contribution >= 0.6 is 0 Å². The van der Waals surface area contributed by atoms with Crippen molar-refractivity contribution >= 4 is 35.2 Å². The maximum Gasteiger partial charge on any atom is 0.312 e. The second-order valence-corrected chi connectivity index (χ2v) is 21.5. The van der Waals surface area contributed by atoms with Gasteiger partial charge in [0.1, 0.15) is 34.5 Å². The maximum absolute atomic E-state index is 13.2. The third-order valence-electron chi connectivity index (χ3n) is 11.3. The minimum atomic E-state index is -0.701. The lowest BCUT2D eigenvalue weighted by Gasteiger charge is -2.39. The third kappa shape index (κ3) is 13.1. The number of aliphatic hydroxyl groups is 1. The van der Waals surface area contributed by atoms with Gasteiger partial charge in [0, 0.05) is 37.4 Å². The number of nitrogens with zero attached hydrogens (tertiary/aromatic N) is 8. The highest BCUT2D eigenvalue weighted by atomic mass is 16.6. The number of ether oxygens (including phenoxy) is 2. The van der Waals surface area contributed by atoms with E-state index in [0.717, 1.165) is 43.0 Å². The van der Waals surface area contributed by atoms with Gasteiger partial charge in [-0.3, -0.25) is 19.6 Å². The molecule has 2 aliphatic rings. The Morgan fingerprint density at radius 1 is 0.645 bits per heavy atom. The number of carbonyl (C=O) groups is 2. The molecule has 2 aliphatic carbocycles. The summed E-state index contributed by atoms with van der Waals surface area (Å²) in [5.41, 5.74) is -1.14. The molecule has 0 radical (unpaired) electrons. The molecular formula is C47H72N10O5. The molecule has 4 aromatic rings. The lowest BCUT2D eigenvalue weighted by molar-refractivity contribution is -0.172. The highest BCUT2D eigenvalue weighted by molar-refractivity contribution is 5.78. The standard InChI is InChI=1S/C24H37N5O2.C23H35N5O3/c1-17-8-11-24(12-9-17,21(30)31-23(5,6)7)14-18-15-25-16-19(27-18)28-20-10-13-26-29(20)22(2,3)4;1-21(2,3)28-19(9-12-25-28)27-18-15-24-14-16(26-18)13-23(10-7-17(29)8-11-23)20(30)31-22(4,5)6/h10,13,15-17H,8-9,11-12,14H2,1-7H3,(H,27,28);9,12,14-15,17,29H,7-8,10-11,13H2,1-6H3,(H,26,27). The van der Waals surface area contributed by atoms with Crippen molar-refractivity contribution in [2.75, 3.05) is 10.6 Å². The van der Waals surface area contributed by atoms with E-state index >= 15 is 0 Å². The van der Waals surface area contributed by atoms with Crippen LogP contribution in [0.4, 0.5) is 23.3 Å². The van der Waals surface area contributed by atoms with Crippen molar-refractivity contribution in [3.05, 3.63) is 60.7 Å². The van der Waals surface area contributed by atoms with Crippen molar-refractivity contribution in [2.45, 2.75) is 183 Å². The van der Waals surface area contributed by atoms with E-state index < -0.39 is 22.0 Å². The Morgan fingerprint density at radius 2 is 1.02 bits per heavy atom. The van der Waals surface area contributed by atoms with Crippen LogP contribution < -0.4 is 10.6 Å². The first-order valence-corrected chi connectivity index (χ1v) is 22.2. The molecule has 2 saturated carbocycles. The Kier molecular flexibility index (Phi) is 14.6. The number of rotatable bonds is 10. The van der Waals surface area contributed by atoms with Gasteiger partial charge in [0.25, 0.3) is 0 Å². The van der Waals surface area contributed by atoms with Gasteiger partial charge in [-0.15, -0.1) is 0 Å². The SMILES string of the molecule is CC(C)(C)OC(=O)C1(Cc2cncc(Nc3ccnn3C(C)(C)C)n2)CCC(O)CC1.CC1CCC(Cc2cncc(Nc3ccnn3C(C)(C)C)n2)(C(=O)OC(C)(C)C)CC1. The molecule has 340 valence electrons. The summed E-state index contributed by atoms with van der Waals surface area (Å²) in [4.78, 5) is 44.7. The van der Waals surface area contributed by atoms with E-state index in [1.807, 2.05) is 63.0 Å². The van der Waals surface area contributed by atoms with E-state index in [9.17, 15) is 14.7 Å². The van der Waals surface area contributed by atoms with Crippen LogP contribution in [0.25, 0.3) is 0 Å². The van der Waals surface area contributed by atoms with E-state index in [4.69, 9.17) is 19.4 Å². The highest BCUT2D eigenvalue weighted by Gasteiger charge is 2.46. The van der Waals surface area contributed by atoms with Crippen LogP contribution in [0.15, 0.2) is 49.3 Å². The maximum atomic E-state index is 13.2. The molecule has 3 N–H and O–H groups in total. The summed E-state index contributed by atoms with van der Waals surface area (Å²) in [5.74, 6) is 3.21. The largest absolute Gasteiger partial charge is 0.460 e. The number of nitrogens with one attached hydrogen (secondary N) is 2. The molecule has 15 heteroatoms. The van der Waals surface area contributed by atoms with Crippen LogP contribution in [0.5, 0.6) is 0 Å². The number of hydrogen-bond donors (Lipinski definition) is 3. The zero-order valence-corrected chi connectivity index (χ0v) is 39.5. The summed E-state index contributed by atoms with van der Waals surface area (Å²) in [6.45, 7) is 26.2. The van der Waals surface area contributed by atoms with Gasteiger partial charge in [-0.1, -0.05) is 6.92 Å². The van der Waals surface area contributed by atoms with Crippen LogP contribution in [0.1, 0.15) is 153 Å². The summed E-state index contributed by atoms with van der Waals surface area (Å²) in [6.07, 6.45) is 16.9. The van der Waals surface area contributed by atoms with Crippen LogP contribution in [0.3, 0.4) is 0 Å². The molecule has 62 heavy (non-hydrogen) atoms. The molecule has 15 nitrogen and oxygen atoms in total. The minimum Gasteiger partial charge on any atom is -0.460 e. The molecule has 0 aliphatic heterocycles. The van der Waals surface area contributed by atoms with E-state index in [1.165, 1.54) is 0 Å². The molecule has 4 heterocycles.